The third kappa shape index (κ3) is 3.62. The van der Waals surface area contributed by atoms with Gasteiger partial charge < -0.3 is 4.90 Å². The van der Waals surface area contributed by atoms with E-state index in [0.29, 0.717) is 13.1 Å². The maximum absolute atomic E-state index is 11.2. The predicted octanol–water partition coefficient (Wildman–Crippen LogP) is 1.21. The first-order valence-corrected chi connectivity index (χ1v) is 3.77. The minimum Gasteiger partial charge on any atom is -0.328 e. The van der Waals surface area contributed by atoms with E-state index in [0.717, 1.165) is 0 Å². The fourth-order valence-electron chi connectivity index (χ4n) is 0.712. The van der Waals surface area contributed by atoms with Crippen molar-refractivity contribution < 1.29 is 4.79 Å². The molecule has 0 N–H and O–H groups in total. The Balaban J connectivity index is 4.13. The maximum atomic E-state index is 11.2. The molecule has 1 amide bonds. The highest BCUT2D eigenvalue weighted by molar-refractivity contribution is 5.88. The highest BCUT2D eigenvalue weighted by Gasteiger charge is 2.04. The van der Waals surface area contributed by atoms with E-state index in [1.807, 2.05) is 6.92 Å². The van der Waals surface area contributed by atoms with E-state index in [1.54, 1.807) is 17.1 Å². The number of likely N-dealkylation sites (N-methyl/N-ethyl adjacent to an activating group) is 1. The summed E-state index contributed by atoms with van der Waals surface area (Å²) in [6.07, 6.45) is 9.69. The van der Waals surface area contributed by atoms with Crippen molar-refractivity contribution >= 4 is 5.91 Å². The monoisotopic (exact) mass is 163 g/mol. The topological polar surface area (TPSA) is 20.3 Å². The van der Waals surface area contributed by atoms with Crippen LogP contribution in [0.3, 0.4) is 0 Å². The lowest BCUT2D eigenvalue weighted by atomic mass is 10.4. The van der Waals surface area contributed by atoms with Crippen molar-refractivity contribution in [3.63, 3.8) is 0 Å². The number of nitrogens with zero attached hydrogens (tertiary/aromatic N) is 1. The van der Waals surface area contributed by atoms with Gasteiger partial charge in [0.15, 0.2) is 0 Å². The molecule has 0 aliphatic carbocycles. The summed E-state index contributed by atoms with van der Waals surface area (Å²) in [6, 6.07) is 0. The standard InChI is InChI=1S/C10H13NO/c1-4-7-8-10(12)11(6-3)9-5-2/h2,4,7-8H,1,6,9H2,3H3/b8-7+. The Labute approximate surface area is 73.6 Å². The van der Waals surface area contributed by atoms with Crippen LogP contribution in [0.15, 0.2) is 24.8 Å². The first-order valence-electron chi connectivity index (χ1n) is 3.77. The highest BCUT2D eigenvalue weighted by Crippen LogP contribution is 1.90. The van der Waals surface area contributed by atoms with E-state index in [2.05, 4.69) is 12.5 Å². The average Bonchev–Trinajstić information content (AvgIpc) is 2.10. The summed E-state index contributed by atoms with van der Waals surface area (Å²) < 4.78 is 0. The van der Waals surface area contributed by atoms with Crippen LogP contribution in [0.5, 0.6) is 0 Å². The Bertz CT molecular complexity index is 222. The molecular weight excluding hydrogens is 150 g/mol. The average molecular weight is 163 g/mol. The Morgan fingerprint density at radius 1 is 1.75 bits per heavy atom. The number of amides is 1. The minimum absolute atomic E-state index is 0.0737. The van der Waals surface area contributed by atoms with Gasteiger partial charge in [-0.05, 0) is 6.92 Å². The van der Waals surface area contributed by atoms with Gasteiger partial charge in [-0.2, -0.15) is 0 Å². The van der Waals surface area contributed by atoms with E-state index >= 15 is 0 Å². The van der Waals surface area contributed by atoms with Crippen LogP contribution in [-0.2, 0) is 4.79 Å². The van der Waals surface area contributed by atoms with Crippen LogP contribution in [0, 0.1) is 12.3 Å². The van der Waals surface area contributed by atoms with Gasteiger partial charge in [0.1, 0.15) is 0 Å². The number of hydrogen-bond donors (Lipinski definition) is 0. The summed E-state index contributed by atoms with van der Waals surface area (Å²) in [6.45, 7) is 6.34. The molecule has 2 nitrogen and oxygen atoms in total. The lowest BCUT2D eigenvalue weighted by molar-refractivity contribution is -0.125. The molecule has 0 unspecified atom stereocenters. The summed E-state index contributed by atoms with van der Waals surface area (Å²) in [5, 5.41) is 0. The molecule has 0 aromatic carbocycles. The molecule has 0 aromatic rings. The molecule has 0 aromatic heterocycles. The Morgan fingerprint density at radius 2 is 2.42 bits per heavy atom. The van der Waals surface area contributed by atoms with Crippen molar-refractivity contribution in [2.24, 2.45) is 0 Å². The molecule has 12 heavy (non-hydrogen) atoms. The second kappa shape index (κ2) is 6.23. The number of rotatable bonds is 4. The largest absolute Gasteiger partial charge is 0.328 e. The van der Waals surface area contributed by atoms with Gasteiger partial charge in [0.2, 0.25) is 5.91 Å². The molecule has 0 spiro atoms. The lowest BCUT2D eigenvalue weighted by Crippen LogP contribution is -2.29. The Kier molecular flexibility index (Phi) is 5.46. The molecule has 64 valence electrons. The van der Waals surface area contributed by atoms with Gasteiger partial charge in [0.25, 0.3) is 0 Å². The van der Waals surface area contributed by atoms with Crippen LogP contribution >= 0.6 is 0 Å². The fraction of sp³-hybridized carbons (Fsp3) is 0.300. The zero-order valence-electron chi connectivity index (χ0n) is 7.29. The van der Waals surface area contributed by atoms with E-state index in [1.165, 1.54) is 6.08 Å². The zero-order valence-corrected chi connectivity index (χ0v) is 7.29. The van der Waals surface area contributed by atoms with Crippen molar-refractivity contribution in [2.75, 3.05) is 13.1 Å². The van der Waals surface area contributed by atoms with Crippen LogP contribution < -0.4 is 0 Å². The van der Waals surface area contributed by atoms with Crippen molar-refractivity contribution in [1.29, 1.82) is 0 Å². The SMILES string of the molecule is C#CCN(CC)C(=O)/C=C/C=C. The molecule has 0 aliphatic heterocycles. The fourth-order valence-corrected chi connectivity index (χ4v) is 0.712. The summed E-state index contributed by atoms with van der Waals surface area (Å²) in [7, 11) is 0. The molecule has 0 heterocycles. The molecule has 0 bridgehead atoms. The third-order valence-electron chi connectivity index (χ3n) is 1.35. The minimum atomic E-state index is -0.0737. The van der Waals surface area contributed by atoms with Gasteiger partial charge in [-0.25, -0.2) is 0 Å². The number of carbonyl (C=O) groups is 1. The van der Waals surface area contributed by atoms with E-state index in [4.69, 9.17) is 6.42 Å². The molecule has 0 saturated carbocycles. The molecule has 0 radical (unpaired) electrons. The van der Waals surface area contributed by atoms with Crippen LogP contribution in [0.2, 0.25) is 0 Å². The van der Waals surface area contributed by atoms with Gasteiger partial charge in [-0.15, -0.1) is 6.42 Å². The summed E-state index contributed by atoms with van der Waals surface area (Å²) in [5.41, 5.74) is 0. The predicted molar refractivity (Wildman–Crippen MR) is 50.4 cm³/mol. The van der Waals surface area contributed by atoms with E-state index in [-0.39, 0.29) is 5.91 Å². The first kappa shape index (κ1) is 10.5. The van der Waals surface area contributed by atoms with Gasteiger partial charge in [0.05, 0.1) is 6.54 Å². The van der Waals surface area contributed by atoms with Gasteiger partial charge in [-0.3, -0.25) is 4.79 Å². The van der Waals surface area contributed by atoms with Crippen LogP contribution in [0.1, 0.15) is 6.92 Å². The number of allylic oxidation sites excluding steroid dienone is 2. The highest BCUT2D eigenvalue weighted by atomic mass is 16.2. The Hall–Kier alpha value is -1.49. The first-order chi connectivity index (χ1) is 5.76. The van der Waals surface area contributed by atoms with Gasteiger partial charge in [0, 0.05) is 12.6 Å². The lowest BCUT2D eigenvalue weighted by Gasteiger charge is -2.14. The Morgan fingerprint density at radius 3 is 2.83 bits per heavy atom. The molecule has 0 aliphatic rings. The number of carbonyl (C=O) groups excluding carboxylic acids is 1. The maximum Gasteiger partial charge on any atom is 0.247 e. The van der Waals surface area contributed by atoms with Gasteiger partial charge >= 0.3 is 0 Å². The second-order valence-electron chi connectivity index (χ2n) is 2.15. The van der Waals surface area contributed by atoms with Crippen LogP contribution in [-0.4, -0.2) is 23.9 Å². The normalized spacial score (nSPS) is 9.33. The molecule has 0 fully saturated rings. The van der Waals surface area contributed by atoms with Crippen molar-refractivity contribution in [2.45, 2.75) is 6.92 Å². The van der Waals surface area contributed by atoms with Crippen molar-refractivity contribution in [1.82, 2.24) is 4.90 Å². The summed E-state index contributed by atoms with van der Waals surface area (Å²) in [5.74, 6) is 2.35. The molecule has 0 rings (SSSR count). The van der Waals surface area contributed by atoms with Crippen LogP contribution in [0.25, 0.3) is 0 Å². The van der Waals surface area contributed by atoms with Crippen LogP contribution in [0.4, 0.5) is 0 Å². The third-order valence-corrected chi connectivity index (χ3v) is 1.35. The summed E-state index contributed by atoms with van der Waals surface area (Å²) >= 11 is 0. The summed E-state index contributed by atoms with van der Waals surface area (Å²) in [4.78, 5) is 12.8. The number of terminal acetylenes is 1. The van der Waals surface area contributed by atoms with Crippen molar-refractivity contribution in [3.05, 3.63) is 24.8 Å². The second-order valence-corrected chi connectivity index (χ2v) is 2.15. The molecular formula is C10H13NO. The molecule has 0 saturated heterocycles. The quantitative estimate of drug-likeness (QED) is 0.346. The van der Waals surface area contributed by atoms with Crippen molar-refractivity contribution in [3.8, 4) is 12.3 Å². The number of hydrogen-bond acceptors (Lipinski definition) is 1. The van der Waals surface area contributed by atoms with E-state index in [9.17, 15) is 4.79 Å². The molecule has 0 atom stereocenters. The smallest absolute Gasteiger partial charge is 0.247 e. The molecule has 2 heteroatoms. The zero-order chi connectivity index (χ0) is 9.40. The van der Waals surface area contributed by atoms with E-state index < -0.39 is 0 Å². The van der Waals surface area contributed by atoms with Gasteiger partial charge in [-0.1, -0.05) is 24.7 Å².